The van der Waals surface area contributed by atoms with Crippen LogP contribution >= 0.6 is 0 Å². The lowest BCUT2D eigenvalue weighted by Crippen LogP contribution is -2.12. The van der Waals surface area contributed by atoms with Crippen LogP contribution in [0.25, 0.3) is 72.0 Å². The lowest BCUT2D eigenvalue weighted by Gasteiger charge is -2.30. The third kappa shape index (κ3) is 6.04. The lowest BCUT2D eigenvalue weighted by molar-refractivity contribution is 1.18. The molecular weight excluding hydrogens is 677 g/mol. The molecule has 0 aliphatic carbocycles. The van der Waals surface area contributed by atoms with E-state index >= 15 is 0 Å². The van der Waals surface area contributed by atoms with Crippen LogP contribution < -0.4 is 4.90 Å². The van der Waals surface area contributed by atoms with Crippen molar-refractivity contribution in [3.05, 3.63) is 231 Å². The molecule has 10 rings (SSSR count). The molecule has 0 N–H and O–H groups in total. The molecule has 9 aromatic carbocycles. The molecule has 264 valence electrons. The van der Waals surface area contributed by atoms with Gasteiger partial charge in [0.05, 0.1) is 22.4 Å². The van der Waals surface area contributed by atoms with E-state index in [1.54, 1.807) is 0 Å². The van der Waals surface area contributed by atoms with Gasteiger partial charge < -0.3 is 9.47 Å². The number of nitrogens with zero attached hydrogens (tertiary/aromatic N) is 2. The van der Waals surface area contributed by atoms with Crippen molar-refractivity contribution in [3.8, 4) is 50.2 Å². The summed E-state index contributed by atoms with van der Waals surface area (Å²) >= 11 is 0. The van der Waals surface area contributed by atoms with Gasteiger partial charge in [-0.15, -0.1) is 0 Å². The first kappa shape index (κ1) is 33.2. The SMILES string of the molecule is c1ccc(-c2ccc(-c3ccccc3N(c3cc(-c4ccccc4)cc(-c4ccccc4)c3)c3cccc4c3c3ccccc3n4-c3ccccc3)cc2)cc1. The summed E-state index contributed by atoms with van der Waals surface area (Å²) in [7, 11) is 0. The Morgan fingerprint density at radius 1 is 0.304 bits per heavy atom. The number of anilines is 3. The fourth-order valence-corrected chi connectivity index (χ4v) is 8.17. The summed E-state index contributed by atoms with van der Waals surface area (Å²) in [6, 6.07) is 83.2. The molecule has 0 fully saturated rings. The summed E-state index contributed by atoms with van der Waals surface area (Å²) in [5, 5.41) is 2.41. The average molecular weight is 715 g/mol. The van der Waals surface area contributed by atoms with Gasteiger partial charge >= 0.3 is 0 Å². The van der Waals surface area contributed by atoms with Crippen LogP contribution in [0.3, 0.4) is 0 Å². The van der Waals surface area contributed by atoms with Crippen LogP contribution in [0.2, 0.25) is 0 Å². The second-order valence-electron chi connectivity index (χ2n) is 14.2. The molecule has 0 saturated heterocycles. The van der Waals surface area contributed by atoms with Crippen molar-refractivity contribution in [2.75, 3.05) is 4.90 Å². The second kappa shape index (κ2) is 14.4. The standard InChI is InChI=1S/C54H38N2/c1-5-18-39(19-6-1)42-32-34-43(35-33-42)48-26-13-15-28-50(48)56(47-37-44(40-20-7-2-8-21-40)36-45(38-47)41-22-9-3-10-23-41)53-31-17-30-52-54(53)49-27-14-16-29-51(49)55(52)46-24-11-4-12-25-46/h1-38H. The van der Waals surface area contributed by atoms with E-state index < -0.39 is 0 Å². The first-order valence-electron chi connectivity index (χ1n) is 19.2. The topological polar surface area (TPSA) is 8.17 Å². The summed E-state index contributed by atoms with van der Waals surface area (Å²) < 4.78 is 2.40. The minimum atomic E-state index is 1.09. The molecule has 0 bridgehead atoms. The van der Waals surface area contributed by atoms with E-state index in [-0.39, 0.29) is 0 Å². The highest BCUT2D eigenvalue weighted by Crippen LogP contribution is 2.48. The fraction of sp³-hybridized carbons (Fsp3) is 0. The first-order valence-corrected chi connectivity index (χ1v) is 19.2. The summed E-state index contributed by atoms with van der Waals surface area (Å²) in [5.74, 6) is 0. The lowest BCUT2D eigenvalue weighted by atomic mass is 9.95. The molecule has 1 heterocycles. The molecule has 2 heteroatoms. The summed E-state index contributed by atoms with van der Waals surface area (Å²) in [4.78, 5) is 2.49. The van der Waals surface area contributed by atoms with Gasteiger partial charge in [-0.25, -0.2) is 0 Å². The van der Waals surface area contributed by atoms with Gasteiger partial charge in [-0.05, 0) is 93.5 Å². The van der Waals surface area contributed by atoms with Crippen LogP contribution in [0.5, 0.6) is 0 Å². The van der Waals surface area contributed by atoms with Crippen LogP contribution in [0, 0.1) is 0 Å². The molecular formula is C54H38N2. The summed E-state index contributed by atoms with van der Waals surface area (Å²) in [6.07, 6.45) is 0. The Labute approximate surface area is 327 Å². The highest BCUT2D eigenvalue weighted by molar-refractivity contribution is 6.17. The number of benzene rings is 9. The van der Waals surface area contributed by atoms with Gasteiger partial charge in [0.25, 0.3) is 0 Å². The van der Waals surface area contributed by atoms with E-state index in [1.807, 2.05) is 0 Å². The zero-order valence-electron chi connectivity index (χ0n) is 30.8. The van der Waals surface area contributed by atoms with Crippen molar-refractivity contribution < 1.29 is 0 Å². The molecule has 10 aromatic rings. The monoisotopic (exact) mass is 714 g/mol. The first-order chi connectivity index (χ1) is 27.8. The van der Waals surface area contributed by atoms with Crippen molar-refractivity contribution in [2.24, 2.45) is 0 Å². The largest absolute Gasteiger partial charge is 0.309 e. The predicted molar refractivity (Wildman–Crippen MR) is 237 cm³/mol. The van der Waals surface area contributed by atoms with Gasteiger partial charge in [0.1, 0.15) is 0 Å². The molecule has 0 unspecified atom stereocenters. The Kier molecular flexibility index (Phi) is 8.55. The van der Waals surface area contributed by atoms with E-state index in [0.717, 1.165) is 50.5 Å². The number of aromatic nitrogens is 1. The second-order valence-corrected chi connectivity index (χ2v) is 14.2. The molecule has 2 nitrogen and oxygen atoms in total. The van der Waals surface area contributed by atoms with Crippen LogP contribution in [0.15, 0.2) is 231 Å². The minimum Gasteiger partial charge on any atom is -0.309 e. The van der Waals surface area contributed by atoms with E-state index in [1.165, 1.54) is 38.5 Å². The smallest absolute Gasteiger partial charge is 0.0562 e. The predicted octanol–water partition coefficient (Wildman–Crippen LogP) is 14.9. The van der Waals surface area contributed by atoms with E-state index in [9.17, 15) is 0 Å². The van der Waals surface area contributed by atoms with Crippen LogP contribution in [-0.2, 0) is 0 Å². The fourth-order valence-electron chi connectivity index (χ4n) is 8.17. The Morgan fingerprint density at radius 2 is 0.768 bits per heavy atom. The third-order valence-electron chi connectivity index (χ3n) is 10.8. The maximum atomic E-state index is 2.49. The van der Waals surface area contributed by atoms with Gasteiger partial charge in [-0.3, -0.25) is 0 Å². The van der Waals surface area contributed by atoms with Gasteiger partial charge in [0.15, 0.2) is 0 Å². The molecule has 0 radical (unpaired) electrons. The average Bonchev–Trinajstić information content (AvgIpc) is 3.63. The quantitative estimate of drug-likeness (QED) is 0.152. The van der Waals surface area contributed by atoms with Crippen molar-refractivity contribution >= 4 is 38.9 Å². The van der Waals surface area contributed by atoms with E-state index in [0.29, 0.717) is 0 Å². The molecule has 1 aromatic heterocycles. The Morgan fingerprint density at radius 3 is 1.41 bits per heavy atom. The third-order valence-corrected chi connectivity index (χ3v) is 10.8. The molecule has 0 aliphatic rings. The summed E-state index contributed by atoms with van der Waals surface area (Å²) in [5.41, 5.74) is 16.2. The summed E-state index contributed by atoms with van der Waals surface area (Å²) in [6.45, 7) is 0. The zero-order chi connectivity index (χ0) is 37.3. The molecule has 0 atom stereocenters. The zero-order valence-corrected chi connectivity index (χ0v) is 30.8. The molecule has 0 aliphatic heterocycles. The molecule has 0 amide bonds. The van der Waals surface area contributed by atoms with Crippen molar-refractivity contribution in [2.45, 2.75) is 0 Å². The molecule has 0 spiro atoms. The van der Waals surface area contributed by atoms with Gasteiger partial charge in [-0.2, -0.15) is 0 Å². The molecule has 0 saturated carbocycles. The maximum absolute atomic E-state index is 2.49. The Bertz CT molecular complexity index is 2870. The van der Waals surface area contributed by atoms with Gasteiger partial charge in [0, 0.05) is 27.7 Å². The van der Waals surface area contributed by atoms with E-state index in [4.69, 9.17) is 0 Å². The van der Waals surface area contributed by atoms with E-state index in [2.05, 4.69) is 240 Å². The number of hydrogen-bond donors (Lipinski definition) is 0. The van der Waals surface area contributed by atoms with Gasteiger partial charge in [0.2, 0.25) is 0 Å². The van der Waals surface area contributed by atoms with Crippen molar-refractivity contribution in [1.82, 2.24) is 4.57 Å². The maximum Gasteiger partial charge on any atom is 0.0562 e. The highest BCUT2D eigenvalue weighted by atomic mass is 15.2. The minimum absolute atomic E-state index is 1.09. The number of hydrogen-bond acceptors (Lipinski definition) is 1. The van der Waals surface area contributed by atoms with Gasteiger partial charge in [-0.1, -0.05) is 176 Å². The Hall–Kier alpha value is -7.42. The normalized spacial score (nSPS) is 11.2. The van der Waals surface area contributed by atoms with Crippen LogP contribution in [0.4, 0.5) is 17.1 Å². The molecule has 56 heavy (non-hydrogen) atoms. The number of rotatable bonds is 8. The number of fused-ring (bicyclic) bond motifs is 3. The Balaban J connectivity index is 1.27. The highest BCUT2D eigenvalue weighted by Gasteiger charge is 2.24. The van der Waals surface area contributed by atoms with Crippen LogP contribution in [0.1, 0.15) is 0 Å². The van der Waals surface area contributed by atoms with Crippen molar-refractivity contribution in [3.63, 3.8) is 0 Å². The van der Waals surface area contributed by atoms with Crippen LogP contribution in [-0.4, -0.2) is 4.57 Å². The number of para-hydroxylation sites is 3. The van der Waals surface area contributed by atoms with Crippen molar-refractivity contribution in [1.29, 1.82) is 0 Å².